The van der Waals surface area contributed by atoms with Crippen LogP contribution < -0.4 is 5.32 Å². The minimum absolute atomic E-state index is 0.0461. The zero-order valence-electron chi connectivity index (χ0n) is 15.1. The lowest BCUT2D eigenvalue weighted by molar-refractivity contribution is -0.144. The number of carbonyl (C=O) groups excluding carboxylic acids is 2. The van der Waals surface area contributed by atoms with E-state index in [1.807, 2.05) is 62.4 Å². The number of rotatable bonds is 6. The van der Waals surface area contributed by atoms with Gasteiger partial charge in [0.05, 0.1) is 5.75 Å². The summed E-state index contributed by atoms with van der Waals surface area (Å²) in [5, 5.41) is 5.26. The van der Waals surface area contributed by atoms with Crippen LogP contribution >= 0.6 is 11.8 Å². The van der Waals surface area contributed by atoms with E-state index in [0.29, 0.717) is 10.8 Å². The van der Waals surface area contributed by atoms with E-state index < -0.39 is 5.97 Å². The second-order valence-electron chi connectivity index (χ2n) is 5.96. The van der Waals surface area contributed by atoms with E-state index >= 15 is 0 Å². The van der Waals surface area contributed by atoms with Gasteiger partial charge in [-0.15, -0.1) is 0 Å². The van der Waals surface area contributed by atoms with Gasteiger partial charge in [0.2, 0.25) is 0 Å². The van der Waals surface area contributed by atoms with Crippen LogP contribution in [0.5, 0.6) is 0 Å². The molecule has 1 heterocycles. The Labute approximate surface area is 161 Å². The summed E-state index contributed by atoms with van der Waals surface area (Å²) >= 11 is 1.19. The van der Waals surface area contributed by atoms with Gasteiger partial charge >= 0.3 is 5.97 Å². The molecule has 0 saturated carbocycles. The molecule has 0 unspecified atom stereocenters. The lowest BCUT2D eigenvalue weighted by Crippen LogP contribution is -2.21. The number of carbonyl (C=O) groups is 2. The third-order valence-corrected chi connectivity index (χ3v) is 4.53. The number of hydrogen-bond acceptors (Lipinski definition) is 6. The molecule has 1 N–H and O–H groups in total. The largest absolute Gasteiger partial charge is 0.455 e. The highest BCUT2D eigenvalue weighted by molar-refractivity contribution is 7.99. The van der Waals surface area contributed by atoms with Crippen LogP contribution in [0.2, 0.25) is 0 Å². The highest BCUT2D eigenvalue weighted by atomic mass is 32.2. The van der Waals surface area contributed by atoms with Crippen LogP contribution in [0, 0.1) is 13.8 Å². The third-order valence-electron chi connectivity index (χ3n) is 3.71. The van der Waals surface area contributed by atoms with Crippen molar-refractivity contribution >= 4 is 40.1 Å². The second-order valence-corrected chi connectivity index (χ2v) is 6.90. The number of benzene rings is 2. The van der Waals surface area contributed by atoms with E-state index in [9.17, 15) is 9.59 Å². The number of thioether (sulfide) groups is 1. The number of aromatic nitrogens is 2. The number of aryl methyl sites for hydroxylation is 2. The van der Waals surface area contributed by atoms with Gasteiger partial charge in [-0.25, -0.2) is 9.97 Å². The Morgan fingerprint density at radius 1 is 1.04 bits per heavy atom. The van der Waals surface area contributed by atoms with Crippen molar-refractivity contribution in [3.05, 3.63) is 59.9 Å². The molecule has 0 bridgehead atoms. The van der Waals surface area contributed by atoms with Gasteiger partial charge in [-0.05, 0) is 31.4 Å². The third kappa shape index (κ3) is 5.27. The zero-order chi connectivity index (χ0) is 19.2. The van der Waals surface area contributed by atoms with E-state index in [1.165, 1.54) is 11.8 Å². The molecule has 0 aliphatic carbocycles. The number of anilines is 1. The van der Waals surface area contributed by atoms with Gasteiger partial charge < -0.3 is 10.1 Å². The van der Waals surface area contributed by atoms with Gasteiger partial charge in [0.15, 0.2) is 11.8 Å². The monoisotopic (exact) mass is 381 g/mol. The first-order valence-electron chi connectivity index (χ1n) is 8.39. The molecule has 3 rings (SSSR count). The molecule has 0 spiro atoms. The second kappa shape index (κ2) is 8.64. The topological polar surface area (TPSA) is 81.2 Å². The maximum atomic E-state index is 12.1. The predicted molar refractivity (Wildman–Crippen MR) is 106 cm³/mol. The average molecular weight is 381 g/mol. The molecule has 0 aliphatic heterocycles. The van der Waals surface area contributed by atoms with Crippen LogP contribution in [0.3, 0.4) is 0 Å². The fourth-order valence-electron chi connectivity index (χ4n) is 2.59. The molecular formula is C20H19N3O3S. The van der Waals surface area contributed by atoms with Crippen molar-refractivity contribution in [3.63, 3.8) is 0 Å². The van der Waals surface area contributed by atoms with Crippen molar-refractivity contribution in [2.24, 2.45) is 0 Å². The normalized spacial score (nSPS) is 10.6. The van der Waals surface area contributed by atoms with Crippen LogP contribution in [0.1, 0.15) is 11.4 Å². The van der Waals surface area contributed by atoms with E-state index in [4.69, 9.17) is 4.74 Å². The maximum absolute atomic E-state index is 12.1. The van der Waals surface area contributed by atoms with Gasteiger partial charge in [-0.1, -0.05) is 48.2 Å². The molecule has 6 nitrogen and oxygen atoms in total. The predicted octanol–water partition coefficient (Wildman–Crippen LogP) is 3.52. The summed E-state index contributed by atoms with van der Waals surface area (Å²) < 4.78 is 5.04. The van der Waals surface area contributed by atoms with Crippen LogP contribution in [0.4, 0.5) is 5.69 Å². The first-order chi connectivity index (χ1) is 13.0. The van der Waals surface area contributed by atoms with Gasteiger partial charge in [-0.2, -0.15) is 0 Å². The Morgan fingerprint density at radius 2 is 1.74 bits per heavy atom. The van der Waals surface area contributed by atoms with Crippen molar-refractivity contribution in [2.75, 3.05) is 17.7 Å². The summed E-state index contributed by atoms with van der Waals surface area (Å²) in [6.07, 6.45) is 0. The molecule has 1 aromatic heterocycles. The highest BCUT2D eigenvalue weighted by Gasteiger charge is 2.11. The Kier molecular flexibility index (Phi) is 6.03. The summed E-state index contributed by atoms with van der Waals surface area (Å²) in [7, 11) is 0. The minimum Gasteiger partial charge on any atom is -0.455 e. The van der Waals surface area contributed by atoms with Crippen LogP contribution in [0.15, 0.2) is 53.7 Å². The first kappa shape index (κ1) is 18.8. The molecule has 0 saturated heterocycles. The Balaban J connectivity index is 1.50. The minimum atomic E-state index is -0.490. The SMILES string of the molecule is Cc1cc(C)nc(SCC(=O)OCC(=O)Nc2cccc3ccccc23)n1. The molecule has 0 aliphatic rings. The fraction of sp³-hybridized carbons (Fsp3) is 0.200. The Bertz CT molecular complexity index is 966. The summed E-state index contributed by atoms with van der Waals surface area (Å²) in [5.74, 6) is -0.826. The Morgan fingerprint density at radius 3 is 2.52 bits per heavy atom. The molecule has 0 radical (unpaired) electrons. The summed E-state index contributed by atoms with van der Waals surface area (Å²) in [6, 6.07) is 15.3. The standard InChI is InChI=1S/C20H19N3O3S/c1-13-10-14(2)22-20(21-13)27-12-19(25)26-11-18(24)23-17-9-5-7-15-6-3-4-8-16(15)17/h3-10H,11-12H2,1-2H3,(H,23,24). The van der Waals surface area contributed by atoms with Crippen LogP contribution in [0.25, 0.3) is 10.8 Å². The number of esters is 1. The number of nitrogens with zero attached hydrogens (tertiary/aromatic N) is 2. The fourth-order valence-corrected chi connectivity index (χ4v) is 3.34. The molecule has 7 heteroatoms. The smallest absolute Gasteiger partial charge is 0.316 e. The van der Waals surface area contributed by atoms with Crippen LogP contribution in [-0.2, 0) is 14.3 Å². The Hall–Kier alpha value is -2.93. The molecule has 3 aromatic rings. The molecule has 27 heavy (non-hydrogen) atoms. The quantitative estimate of drug-likeness (QED) is 0.400. The summed E-state index contributed by atoms with van der Waals surface area (Å²) in [5.41, 5.74) is 2.37. The maximum Gasteiger partial charge on any atom is 0.316 e. The van der Waals surface area contributed by atoms with E-state index in [1.54, 1.807) is 0 Å². The van der Waals surface area contributed by atoms with Crippen molar-refractivity contribution in [3.8, 4) is 0 Å². The van der Waals surface area contributed by atoms with Crippen molar-refractivity contribution in [1.82, 2.24) is 9.97 Å². The van der Waals surface area contributed by atoms with Gasteiger partial charge in [0.1, 0.15) is 0 Å². The first-order valence-corrected chi connectivity index (χ1v) is 9.38. The highest BCUT2D eigenvalue weighted by Crippen LogP contribution is 2.22. The molecular weight excluding hydrogens is 362 g/mol. The van der Waals surface area contributed by atoms with E-state index in [2.05, 4.69) is 15.3 Å². The van der Waals surface area contributed by atoms with Gasteiger partial charge in [0, 0.05) is 22.5 Å². The van der Waals surface area contributed by atoms with Crippen molar-refractivity contribution < 1.29 is 14.3 Å². The molecule has 0 atom stereocenters. The van der Waals surface area contributed by atoms with Gasteiger partial charge in [-0.3, -0.25) is 9.59 Å². The van der Waals surface area contributed by atoms with Crippen molar-refractivity contribution in [2.45, 2.75) is 19.0 Å². The summed E-state index contributed by atoms with van der Waals surface area (Å²) in [6.45, 7) is 3.40. The van der Waals surface area contributed by atoms with Gasteiger partial charge in [0.25, 0.3) is 5.91 Å². The number of amides is 1. The molecule has 2 aromatic carbocycles. The lowest BCUT2D eigenvalue weighted by Gasteiger charge is -2.09. The number of nitrogens with one attached hydrogen (secondary N) is 1. The average Bonchev–Trinajstić information content (AvgIpc) is 2.64. The number of ether oxygens (including phenoxy) is 1. The molecule has 1 amide bonds. The van der Waals surface area contributed by atoms with E-state index in [0.717, 1.165) is 22.2 Å². The molecule has 138 valence electrons. The van der Waals surface area contributed by atoms with E-state index in [-0.39, 0.29) is 18.3 Å². The summed E-state index contributed by atoms with van der Waals surface area (Å²) in [4.78, 5) is 32.5. The number of fused-ring (bicyclic) bond motifs is 1. The van der Waals surface area contributed by atoms with Crippen molar-refractivity contribution in [1.29, 1.82) is 0 Å². The molecule has 0 fully saturated rings. The zero-order valence-corrected chi connectivity index (χ0v) is 15.9. The lowest BCUT2D eigenvalue weighted by atomic mass is 10.1. The number of hydrogen-bond donors (Lipinski definition) is 1. The van der Waals surface area contributed by atoms with Crippen LogP contribution in [-0.4, -0.2) is 34.2 Å².